The van der Waals surface area contributed by atoms with Crippen LogP contribution in [0.3, 0.4) is 0 Å². The topological polar surface area (TPSA) is 94.6 Å². The minimum atomic E-state index is -0.219. The zero-order valence-electron chi connectivity index (χ0n) is 17.3. The monoisotopic (exact) mass is 404 g/mol. The first-order valence-corrected chi connectivity index (χ1v) is 9.98. The number of ketones is 3. The highest BCUT2D eigenvalue weighted by Crippen LogP contribution is 2.38. The fraction of sp³-hybridized carbons (Fsp3) is 0.304. The number of nitrogens with one attached hydrogen (secondary N) is 2. The molecule has 0 saturated heterocycles. The van der Waals surface area contributed by atoms with E-state index in [0.29, 0.717) is 47.6 Å². The Morgan fingerprint density at radius 2 is 1.70 bits per heavy atom. The minimum Gasteiger partial charge on any atom is -0.351 e. The van der Waals surface area contributed by atoms with Gasteiger partial charge in [0.1, 0.15) is 0 Å². The van der Waals surface area contributed by atoms with Crippen molar-refractivity contribution in [3.63, 3.8) is 0 Å². The third-order valence-corrected chi connectivity index (χ3v) is 5.52. The molecule has 0 bridgehead atoms. The van der Waals surface area contributed by atoms with Gasteiger partial charge < -0.3 is 15.2 Å². The Hall–Kier alpha value is -3.16. The molecule has 4 rings (SSSR count). The van der Waals surface area contributed by atoms with Crippen molar-refractivity contribution in [2.75, 3.05) is 34.2 Å². The van der Waals surface area contributed by atoms with Crippen molar-refractivity contribution in [2.45, 2.75) is 12.8 Å². The van der Waals surface area contributed by atoms with Gasteiger partial charge in [0.2, 0.25) is 5.78 Å². The molecule has 0 fully saturated rings. The van der Waals surface area contributed by atoms with E-state index in [1.165, 1.54) is 12.2 Å². The van der Waals surface area contributed by atoms with E-state index >= 15 is 0 Å². The van der Waals surface area contributed by atoms with Gasteiger partial charge in [-0.3, -0.25) is 19.4 Å². The lowest BCUT2D eigenvalue weighted by Gasteiger charge is -2.16. The van der Waals surface area contributed by atoms with Crippen LogP contribution in [-0.4, -0.2) is 67.7 Å². The molecule has 0 amide bonds. The van der Waals surface area contributed by atoms with Crippen LogP contribution in [0.25, 0.3) is 5.57 Å². The highest BCUT2D eigenvalue weighted by atomic mass is 16.1. The van der Waals surface area contributed by atoms with Gasteiger partial charge in [0.25, 0.3) is 0 Å². The summed E-state index contributed by atoms with van der Waals surface area (Å²) in [4.78, 5) is 47.5. The Kier molecular flexibility index (Phi) is 5.32. The van der Waals surface area contributed by atoms with Gasteiger partial charge in [0.15, 0.2) is 11.6 Å². The van der Waals surface area contributed by atoms with Crippen molar-refractivity contribution in [2.24, 2.45) is 4.99 Å². The zero-order chi connectivity index (χ0) is 21.4. The van der Waals surface area contributed by atoms with Crippen molar-refractivity contribution < 1.29 is 14.4 Å². The highest BCUT2D eigenvalue weighted by Gasteiger charge is 2.33. The van der Waals surface area contributed by atoms with Crippen LogP contribution in [0.4, 0.5) is 0 Å². The van der Waals surface area contributed by atoms with Crippen LogP contribution in [0.1, 0.15) is 38.5 Å². The molecule has 3 aliphatic rings. The van der Waals surface area contributed by atoms with E-state index in [9.17, 15) is 14.4 Å². The summed E-state index contributed by atoms with van der Waals surface area (Å²) in [6.45, 7) is 1.46. The first kappa shape index (κ1) is 20.1. The van der Waals surface area contributed by atoms with Crippen LogP contribution in [0.5, 0.6) is 0 Å². The van der Waals surface area contributed by atoms with Crippen molar-refractivity contribution in [1.82, 2.24) is 15.2 Å². The molecule has 1 aliphatic heterocycles. The number of H-pyrrole nitrogens is 1. The lowest BCUT2D eigenvalue weighted by molar-refractivity contribution is -0.111. The van der Waals surface area contributed by atoms with Gasteiger partial charge in [-0.1, -0.05) is 0 Å². The normalized spacial score (nSPS) is 17.7. The maximum absolute atomic E-state index is 12.6. The predicted octanol–water partition coefficient (Wildman–Crippen LogP) is 1.89. The molecule has 2 N–H and O–H groups in total. The summed E-state index contributed by atoms with van der Waals surface area (Å²) < 4.78 is 0. The summed E-state index contributed by atoms with van der Waals surface area (Å²) in [5.41, 5.74) is 5.07. The number of fused-ring (bicyclic) bond motifs is 2. The molecule has 1 aromatic rings. The Morgan fingerprint density at radius 1 is 0.967 bits per heavy atom. The van der Waals surface area contributed by atoms with Crippen molar-refractivity contribution in [1.29, 1.82) is 0 Å². The Balaban J connectivity index is 1.88. The molecule has 154 valence electrons. The number of nitrogens with zero attached hydrogens (tertiary/aromatic N) is 2. The number of carbonyl (C=O) groups is 3. The number of aromatic nitrogens is 1. The molecule has 2 heterocycles. The lowest BCUT2D eigenvalue weighted by Crippen LogP contribution is -2.18. The van der Waals surface area contributed by atoms with E-state index in [4.69, 9.17) is 0 Å². The molecular weight excluding hydrogens is 380 g/mol. The maximum atomic E-state index is 12.6. The van der Waals surface area contributed by atoms with E-state index in [-0.39, 0.29) is 17.3 Å². The van der Waals surface area contributed by atoms with Gasteiger partial charge in [-0.05, 0) is 76.0 Å². The van der Waals surface area contributed by atoms with Gasteiger partial charge in [-0.15, -0.1) is 0 Å². The molecule has 0 aromatic carbocycles. The van der Waals surface area contributed by atoms with E-state index in [1.54, 1.807) is 18.4 Å². The molecule has 2 aliphatic carbocycles. The molecule has 0 spiro atoms. The summed E-state index contributed by atoms with van der Waals surface area (Å²) in [6.07, 6.45) is 8.93. The molecule has 0 atom stereocenters. The second-order valence-electron chi connectivity index (χ2n) is 7.82. The third-order valence-electron chi connectivity index (χ3n) is 5.52. The van der Waals surface area contributed by atoms with Crippen LogP contribution >= 0.6 is 0 Å². The van der Waals surface area contributed by atoms with E-state index in [0.717, 1.165) is 23.3 Å². The Bertz CT molecular complexity index is 1110. The van der Waals surface area contributed by atoms with Crippen LogP contribution in [0, 0.1) is 0 Å². The van der Waals surface area contributed by atoms with Crippen molar-refractivity contribution in [3.8, 4) is 0 Å². The molecule has 0 radical (unpaired) electrons. The molecule has 0 saturated carbocycles. The first-order chi connectivity index (χ1) is 14.4. The molecule has 7 heteroatoms. The van der Waals surface area contributed by atoms with E-state index in [2.05, 4.69) is 15.3 Å². The summed E-state index contributed by atoms with van der Waals surface area (Å²) in [6, 6.07) is 0. The number of aromatic amines is 1. The van der Waals surface area contributed by atoms with Gasteiger partial charge in [0, 0.05) is 18.3 Å². The third kappa shape index (κ3) is 3.36. The maximum Gasteiger partial charge on any atom is 0.202 e. The van der Waals surface area contributed by atoms with Crippen LogP contribution < -0.4 is 5.32 Å². The number of allylic oxidation sites excluding steroid dienone is 6. The van der Waals surface area contributed by atoms with Gasteiger partial charge >= 0.3 is 0 Å². The summed E-state index contributed by atoms with van der Waals surface area (Å²) in [5.74, 6) is -0.469. The van der Waals surface area contributed by atoms with Crippen LogP contribution in [-0.2, 0) is 11.2 Å². The predicted molar refractivity (Wildman–Crippen MR) is 116 cm³/mol. The average molecular weight is 404 g/mol. The number of rotatable bonds is 7. The molecule has 30 heavy (non-hydrogen) atoms. The summed E-state index contributed by atoms with van der Waals surface area (Å²) in [5, 5.41) is 3.09. The number of hydrogen-bond acceptors (Lipinski definition) is 6. The quantitative estimate of drug-likeness (QED) is 0.724. The number of hydrogen-bond donors (Lipinski definition) is 2. The number of aliphatic imine (C=N–C) groups is 1. The molecule has 1 aromatic heterocycles. The van der Waals surface area contributed by atoms with E-state index < -0.39 is 0 Å². The Morgan fingerprint density at radius 3 is 2.43 bits per heavy atom. The molecule has 0 unspecified atom stereocenters. The number of likely N-dealkylation sites (N-methyl/N-ethyl adjacent to an activating group) is 1. The number of carbonyl (C=O) groups excluding carboxylic acids is 3. The van der Waals surface area contributed by atoms with Crippen molar-refractivity contribution in [3.05, 3.63) is 63.7 Å². The second kappa shape index (κ2) is 7.93. The SMILES string of the molecule is CNCCC1=C2C(=O)C=CC(c3[nH]c4c(c3CCN(C)C)C(=O)C=CC4=O)=C2N=C1. The zero-order valence-corrected chi connectivity index (χ0v) is 17.3. The summed E-state index contributed by atoms with van der Waals surface area (Å²) in [7, 11) is 5.79. The average Bonchev–Trinajstić information content (AvgIpc) is 3.31. The fourth-order valence-corrected chi connectivity index (χ4v) is 4.00. The van der Waals surface area contributed by atoms with Crippen LogP contribution in [0.15, 0.2) is 46.1 Å². The van der Waals surface area contributed by atoms with Gasteiger partial charge in [-0.2, -0.15) is 0 Å². The van der Waals surface area contributed by atoms with E-state index in [1.807, 2.05) is 26.0 Å². The van der Waals surface area contributed by atoms with Crippen LogP contribution in [0.2, 0.25) is 0 Å². The van der Waals surface area contributed by atoms with Crippen molar-refractivity contribution >= 4 is 29.1 Å². The minimum absolute atomic E-state index is 0.0719. The summed E-state index contributed by atoms with van der Waals surface area (Å²) >= 11 is 0. The van der Waals surface area contributed by atoms with Gasteiger partial charge in [0.05, 0.1) is 28.2 Å². The smallest absolute Gasteiger partial charge is 0.202 e. The second-order valence-corrected chi connectivity index (χ2v) is 7.82. The molecule has 7 nitrogen and oxygen atoms in total. The first-order valence-electron chi connectivity index (χ1n) is 9.98. The highest BCUT2D eigenvalue weighted by molar-refractivity contribution is 6.23. The standard InChI is InChI=1S/C23H24N4O3/c1-24-10-8-13-12-25-22-15(4-5-16(28)19(13)22)21-14(9-11-27(2)3)20-17(29)6-7-18(30)23(20)26-21/h4-7,12,24,26H,8-11H2,1-3H3. The Labute approximate surface area is 174 Å². The largest absolute Gasteiger partial charge is 0.351 e. The fourth-order valence-electron chi connectivity index (χ4n) is 4.00. The molecular formula is C23H24N4O3. The lowest BCUT2D eigenvalue weighted by atomic mass is 9.89. The van der Waals surface area contributed by atoms with Gasteiger partial charge in [-0.25, -0.2) is 0 Å².